The normalized spacial score (nSPS) is 24.4. The molecule has 3 atom stereocenters. The van der Waals surface area contributed by atoms with Crippen molar-refractivity contribution in [3.8, 4) is 5.75 Å². The Morgan fingerprint density at radius 1 is 1.30 bits per heavy atom. The van der Waals surface area contributed by atoms with Crippen LogP contribution in [0.15, 0.2) is 29.3 Å². The summed E-state index contributed by atoms with van der Waals surface area (Å²) in [5.41, 5.74) is 0. The van der Waals surface area contributed by atoms with Gasteiger partial charge in [0, 0.05) is 37.5 Å². The fourth-order valence-corrected chi connectivity index (χ4v) is 5.10. The number of ether oxygens (including phenoxy) is 2. The number of β-amino-alcohol motifs (C(OH)–C–C–N with tert-alkyl or cyclic N) is 1. The van der Waals surface area contributed by atoms with Crippen LogP contribution in [0.4, 0.5) is 4.79 Å². The maximum absolute atomic E-state index is 12.7. The molecule has 0 spiro atoms. The van der Waals surface area contributed by atoms with Gasteiger partial charge in [-0.05, 0) is 24.3 Å². The van der Waals surface area contributed by atoms with E-state index in [2.05, 4.69) is 15.2 Å². The molecule has 0 aliphatic carbocycles. The van der Waals surface area contributed by atoms with Gasteiger partial charge in [0.1, 0.15) is 18.5 Å². The molecule has 3 aliphatic rings. The molecule has 1 aromatic rings. The highest BCUT2D eigenvalue weighted by atomic mass is 35.5. The highest BCUT2D eigenvalue weighted by Crippen LogP contribution is 2.29. The molecular formula is C21H28ClN5O5S. The van der Waals surface area contributed by atoms with Crippen molar-refractivity contribution in [2.24, 2.45) is 4.99 Å². The summed E-state index contributed by atoms with van der Waals surface area (Å²) in [7, 11) is 1.61. The monoisotopic (exact) mass is 497 g/mol. The second kappa shape index (κ2) is 10.9. The predicted molar refractivity (Wildman–Crippen MR) is 126 cm³/mol. The highest BCUT2D eigenvalue weighted by molar-refractivity contribution is 8.13. The zero-order valence-electron chi connectivity index (χ0n) is 18.4. The Kier molecular flexibility index (Phi) is 7.97. The Morgan fingerprint density at radius 2 is 2.03 bits per heavy atom. The molecule has 3 aliphatic heterocycles. The van der Waals surface area contributed by atoms with Crippen LogP contribution in [0.5, 0.6) is 5.75 Å². The number of fused-ring (bicyclic) bond motifs is 1. The number of halogens is 1. The van der Waals surface area contributed by atoms with Gasteiger partial charge in [-0.1, -0.05) is 23.4 Å². The number of rotatable bonds is 8. The second-order valence-corrected chi connectivity index (χ2v) is 9.55. The minimum absolute atomic E-state index is 0.0393. The fraction of sp³-hybridized carbons (Fsp3) is 0.571. The van der Waals surface area contributed by atoms with Crippen LogP contribution in [0, 0.1) is 0 Å². The van der Waals surface area contributed by atoms with Crippen LogP contribution >= 0.6 is 23.4 Å². The number of likely N-dealkylation sites (N-methyl/N-ethyl adjacent to an activating group) is 1. The molecule has 2 fully saturated rings. The smallest absolute Gasteiger partial charge is 0.325 e. The number of amidine groups is 1. The molecule has 1 aromatic carbocycles. The van der Waals surface area contributed by atoms with Gasteiger partial charge in [-0.2, -0.15) is 0 Å². The van der Waals surface area contributed by atoms with Gasteiger partial charge in [-0.25, -0.2) is 9.79 Å². The number of thioether (sulfide) groups is 1. The number of imide groups is 1. The number of aliphatic hydroxyl groups excluding tert-OH is 1. The van der Waals surface area contributed by atoms with Crippen molar-refractivity contribution in [3.63, 3.8) is 0 Å². The summed E-state index contributed by atoms with van der Waals surface area (Å²) >= 11 is 7.42. The molecule has 0 bridgehead atoms. The summed E-state index contributed by atoms with van der Waals surface area (Å²) in [6.07, 6.45) is -1.50. The van der Waals surface area contributed by atoms with E-state index < -0.39 is 30.2 Å². The lowest BCUT2D eigenvalue weighted by Gasteiger charge is -2.36. The average molecular weight is 498 g/mol. The SMILES string of the molecule is CN1C(=O)NC(=O)C2C1N=C(SCCN1CCOCC1)N2CC(O)COc1ccc(Cl)cc1. The van der Waals surface area contributed by atoms with E-state index in [1.54, 1.807) is 36.2 Å². The molecular weight excluding hydrogens is 470 g/mol. The number of morpholine rings is 1. The van der Waals surface area contributed by atoms with Crippen LogP contribution in [0.1, 0.15) is 0 Å². The van der Waals surface area contributed by atoms with Gasteiger partial charge in [0.25, 0.3) is 5.91 Å². The maximum atomic E-state index is 12.7. The van der Waals surface area contributed by atoms with Crippen LogP contribution < -0.4 is 10.1 Å². The van der Waals surface area contributed by atoms with Gasteiger partial charge >= 0.3 is 6.03 Å². The van der Waals surface area contributed by atoms with Crippen molar-refractivity contribution >= 4 is 40.5 Å². The summed E-state index contributed by atoms with van der Waals surface area (Å²) < 4.78 is 11.1. The van der Waals surface area contributed by atoms with Gasteiger partial charge in [0.05, 0.1) is 19.8 Å². The second-order valence-electron chi connectivity index (χ2n) is 8.05. The molecule has 0 saturated carbocycles. The van der Waals surface area contributed by atoms with Crippen molar-refractivity contribution in [2.45, 2.75) is 18.3 Å². The number of hydrogen-bond acceptors (Lipinski definition) is 9. The third-order valence-corrected chi connectivity index (χ3v) is 6.97. The minimum Gasteiger partial charge on any atom is -0.491 e. The van der Waals surface area contributed by atoms with E-state index in [9.17, 15) is 14.7 Å². The van der Waals surface area contributed by atoms with Crippen molar-refractivity contribution in [3.05, 3.63) is 29.3 Å². The summed E-state index contributed by atoms with van der Waals surface area (Å²) in [6.45, 7) is 4.29. The molecule has 3 amide bonds. The number of urea groups is 1. The summed E-state index contributed by atoms with van der Waals surface area (Å²) in [5, 5.41) is 14.3. The van der Waals surface area contributed by atoms with E-state index in [-0.39, 0.29) is 13.2 Å². The maximum Gasteiger partial charge on any atom is 0.325 e. The van der Waals surface area contributed by atoms with Crippen LogP contribution in [-0.4, -0.2) is 114 Å². The molecule has 3 unspecified atom stereocenters. The molecule has 3 heterocycles. The van der Waals surface area contributed by atoms with E-state index in [4.69, 9.17) is 21.1 Å². The van der Waals surface area contributed by atoms with Crippen LogP contribution in [0.2, 0.25) is 5.02 Å². The first-order chi connectivity index (χ1) is 15.9. The molecule has 0 radical (unpaired) electrons. The molecule has 2 saturated heterocycles. The fourth-order valence-electron chi connectivity index (χ4n) is 3.91. The number of aliphatic imine (C=N–C) groups is 1. The number of carbonyl (C=O) groups is 2. The molecule has 33 heavy (non-hydrogen) atoms. The van der Waals surface area contributed by atoms with Crippen LogP contribution in [0.3, 0.4) is 0 Å². The van der Waals surface area contributed by atoms with Crippen molar-refractivity contribution < 1.29 is 24.2 Å². The Balaban J connectivity index is 1.40. The van der Waals surface area contributed by atoms with Gasteiger partial charge < -0.3 is 24.4 Å². The third kappa shape index (κ3) is 5.90. The third-order valence-electron chi connectivity index (χ3n) is 5.73. The van der Waals surface area contributed by atoms with Crippen molar-refractivity contribution in [2.75, 3.05) is 58.8 Å². The Morgan fingerprint density at radius 3 is 2.76 bits per heavy atom. The van der Waals surface area contributed by atoms with E-state index in [1.807, 2.05) is 0 Å². The molecule has 180 valence electrons. The van der Waals surface area contributed by atoms with Crippen LogP contribution in [-0.2, 0) is 9.53 Å². The zero-order valence-corrected chi connectivity index (χ0v) is 19.9. The topological polar surface area (TPSA) is 107 Å². The molecule has 12 heteroatoms. The predicted octanol–water partition coefficient (Wildman–Crippen LogP) is 0.693. The van der Waals surface area contributed by atoms with Crippen molar-refractivity contribution in [1.29, 1.82) is 0 Å². The van der Waals surface area contributed by atoms with Gasteiger partial charge in [0.15, 0.2) is 17.4 Å². The minimum atomic E-state index is -0.875. The number of aliphatic hydroxyl groups is 1. The number of nitrogens with one attached hydrogen (secondary N) is 1. The lowest BCUT2D eigenvalue weighted by atomic mass is 10.1. The van der Waals surface area contributed by atoms with Crippen LogP contribution in [0.25, 0.3) is 0 Å². The lowest BCUT2D eigenvalue weighted by molar-refractivity contribution is -0.127. The van der Waals surface area contributed by atoms with E-state index in [0.717, 1.165) is 38.6 Å². The van der Waals surface area contributed by atoms with Crippen molar-refractivity contribution in [1.82, 2.24) is 20.0 Å². The summed E-state index contributed by atoms with van der Waals surface area (Å²) in [6, 6.07) is 5.71. The molecule has 4 rings (SSSR count). The number of amides is 3. The first-order valence-electron chi connectivity index (χ1n) is 10.8. The van der Waals surface area contributed by atoms with E-state index in [1.165, 1.54) is 16.7 Å². The van der Waals surface area contributed by atoms with E-state index in [0.29, 0.717) is 15.9 Å². The highest BCUT2D eigenvalue weighted by Gasteiger charge is 2.49. The lowest BCUT2D eigenvalue weighted by Crippen LogP contribution is -2.64. The zero-order chi connectivity index (χ0) is 23.4. The summed E-state index contributed by atoms with van der Waals surface area (Å²) in [4.78, 5) is 35.0. The summed E-state index contributed by atoms with van der Waals surface area (Å²) in [5.74, 6) is 0.944. The Bertz CT molecular complexity index is 882. The number of hydrogen-bond donors (Lipinski definition) is 2. The molecule has 0 aromatic heterocycles. The number of nitrogens with zero attached hydrogens (tertiary/aromatic N) is 4. The van der Waals surface area contributed by atoms with E-state index >= 15 is 0 Å². The van der Waals surface area contributed by atoms with Gasteiger partial charge in [0.2, 0.25) is 0 Å². The largest absolute Gasteiger partial charge is 0.491 e. The Hall–Kier alpha value is -2.05. The van der Waals surface area contributed by atoms with Gasteiger partial charge in [-0.3, -0.25) is 15.0 Å². The molecule has 2 N–H and O–H groups in total. The molecule has 10 nitrogen and oxygen atoms in total. The quantitative estimate of drug-likeness (QED) is 0.540. The number of carbonyl (C=O) groups excluding carboxylic acids is 2. The standard InChI is InChI=1S/C21H28ClN5O5S/c1-25-18-17(19(29)24-20(25)30)27(12-15(28)13-32-16-4-2-14(22)3-5-16)21(23-18)33-11-8-26-6-9-31-10-7-26/h2-5,15,17-18,28H,6-13H2,1H3,(H,24,29,30). The number of benzene rings is 1. The average Bonchev–Trinajstić information content (AvgIpc) is 3.16. The first-order valence-corrected chi connectivity index (χ1v) is 12.2. The first kappa shape index (κ1) is 24.1. The van der Waals surface area contributed by atoms with Gasteiger partial charge in [-0.15, -0.1) is 0 Å². The Labute approximate surface area is 201 Å².